The molecule has 1 nitrogen and oxygen atoms in total. The highest BCUT2D eigenvalue weighted by molar-refractivity contribution is 5.85. The standard InChI is InChI=1S/C16H18FN.ClH/c1-11-8-14(9-12(2)16(11)10-18-3)13-4-6-15(17)7-5-13;/h4-9,18H,10H2,1-3H3;1H. The summed E-state index contributed by atoms with van der Waals surface area (Å²) in [7, 11) is 1.95. The number of benzene rings is 2. The van der Waals surface area contributed by atoms with Gasteiger partial charge in [-0.3, -0.25) is 0 Å². The molecule has 0 radical (unpaired) electrons. The topological polar surface area (TPSA) is 12.0 Å². The van der Waals surface area contributed by atoms with Crippen LogP contribution in [-0.2, 0) is 6.54 Å². The van der Waals surface area contributed by atoms with Gasteiger partial charge in [-0.15, -0.1) is 12.4 Å². The van der Waals surface area contributed by atoms with Crippen molar-refractivity contribution in [3.63, 3.8) is 0 Å². The van der Waals surface area contributed by atoms with Crippen LogP contribution in [0, 0.1) is 19.7 Å². The number of halogens is 2. The molecule has 2 aromatic rings. The SMILES string of the molecule is CNCc1c(C)cc(-c2ccc(F)cc2)cc1C.Cl. The Morgan fingerprint density at radius 2 is 1.47 bits per heavy atom. The molecule has 0 saturated heterocycles. The van der Waals surface area contributed by atoms with Crippen molar-refractivity contribution in [2.75, 3.05) is 7.05 Å². The molecule has 3 heteroatoms. The van der Waals surface area contributed by atoms with E-state index >= 15 is 0 Å². The second kappa shape index (κ2) is 6.69. The Bertz CT molecular complexity index is 526. The maximum atomic E-state index is 12.9. The monoisotopic (exact) mass is 279 g/mol. The number of aryl methyl sites for hydroxylation is 2. The van der Waals surface area contributed by atoms with Crippen LogP contribution in [-0.4, -0.2) is 7.05 Å². The van der Waals surface area contributed by atoms with Gasteiger partial charge in [0.05, 0.1) is 0 Å². The fourth-order valence-corrected chi connectivity index (χ4v) is 2.26. The predicted molar refractivity (Wildman–Crippen MR) is 81.3 cm³/mol. The van der Waals surface area contributed by atoms with Crippen LogP contribution in [0.5, 0.6) is 0 Å². The highest BCUT2D eigenvalue weighted by Crippen LogP contribution is 2.25. The summed E-state index contributed by atoms with van der Waals surface area (Å²) in [5.41, 5.74) is 6.07. The van der Waals surface area contributed by atoms with Gasteiger partial charge in [-0.1, -0.05) is 24.3 Å². The second-order valence-electron chi connectivity index (χ2n) is 4.63. The maximum Gasteiger partial charge on any atom is 0.123 e. The van der Waals surface area contributed by atoms with E-state index in [1.54, 1.807) is 0 Å². The van der Waals surface area contributed by atoms with E-state index in [-0.39, 0.29) is 18.2 Å². The van der Waals surface area contributed by atoms with Crippen molar-refractivity contribution in [1.82, 2.24) is 5.32 Å². The van der Waals surface area contributed by atoms with Crippen LogP contribution in [0.1, 0.15) is 16.7 Å². The lowest BCUT2D eigenvalue weighted by Gasteiger charge is -2.12. The van der Waals surface area contributed by atoms with Crippen LogP contribution in [0.2, 0.25) is 0 Å². The van der Waals surface area contributed by atoms with Gasteiger partial charge in [0.1, 0.15) is 5.82 Å². The Morgan fingerprint density at radius 1 is 0.947 bits per heavy atom. The quantitative estimate of drug-likeness (QED) is 0.886. The predicted octanol–water partition coefficient (Wildman–Crippen LogP) is 4.25. The summed E-state index contributed by atoms with van der Waals surface area (Å²) in [5, 5.41) is 3.18. The number of rotatable bonds is 3. The Kier molecular flexibility index (Phi) is 5.52. The third kappa shape index (κ3) is 3.55. The molecular formula is C16H19ClFN. The highest BCUT2D eigenvalue weighted by Gasteiger charge is 2.06. The summed E-state index contributed by atoms with van der Waals surface area (Å²) < 4.78 is 12.9. The number of hydrogen-bond donors (Lipinski definition) is 1. The molecule has 0 fully saturated rings. The van der Waals surface area contributed by atoms with Crippen molar-refractivity contribution in [3.05, 3.63) is 58.9 Å². The van der Waals surface area contributed by atoms with E-state index in [1.165, 1.54) is 28.8 Å². The fourth-order valence-electron chi connectivity index (χ4n) is 2.26. The Hall–Kier alpha value is -1.38. The minimum atomic E-state index is -0.195. The lowest BCUT2D eigenvalue weighted by atomic mass is 9.95. The van der Waals surface area contributed by atoms with Gasteiger partial charge in [-0.25, -0.2) is 4.39 Å². The molecular weight excluding hydrogens is 261 g/mol. The van der Waals surface area contributed by atoms with Crippen LogP contribution in [0.25, 0.3) is 11.1 Å². The third-order valence-electron chi connectivity index (χ3n) is 3.23. The zero-order chi connectivity index (χ0) is 13.1. The lowest BCUT2D eigenvalue weighted by molar-refractivity contribution is 0.628. The van der Waals surface area contributed by atoms with Gasteiger partial charge in [-0.2, -0.15) is 0 Å². The Morgan fingerprint density at radius 3 is 1.95 bits per heavy atom. The zero-order valence-corrected chi connectivity index (χ0v) is 12.3. The van der Waals surface area contributed by atoms with Gasteiger partial charge in [-0.05, 0) is 60.8 Å². The first-order chi connectivity index (χ1) is 8.61. The molecule has 1 N–H and O–H groups in total. The van der Waals surface area contributed by atoms with Crippen molar-refractivity contribution in [3.8, 4) is 11.1 Å². The van der Waals surface area contributed by atoms with Gasteiger partial charge < -0.3 is 5.32 Å². The largest absolute Gasteiger partial charge is 0.316 e. The molecule has 0 aromatic heterocycles. The molecule has 2 aromatic carbocycles. The number of hydrogen-bond acceptors (Lipinski definition) is 1. The van der Waals surface area contributed by atoms with Crippen molar-refractivity contribution < 1.29 is 4.39 Å². The molecule has 0 heterocycles. The molecule has 19 heavy (non-hydrogen) atoms. The summed E-state index contributed by atoms with van der Waals surface area (Å²) >= 11 is 0. The van der Waals surface area contributed by atoms with E-state index in [1.807, 2.05) is 19.2 Å². The molecule has 0 saturated carbocycles. The van der Waals surface area contributed by atoms with Crippen molar-refractivity contribution in [2.45, 2.75) is 20.4 Å². The molecule has 0 atom stereocenters. The summed E-state index contributed by atoms with van der Waals surface area (Å²) in [4.78, 5) is 0. The molecule has 102 valence electrons. The molecule has 0 aliphatic carbocycles. The first-order valence-corrected chi connectivity index (χ1v) is 6.12. The number of nitrogens with one attached hydrogen (secondary N) is 1. The Labute approximate surface area is 120 Å². The fraction of sp³-hybridized carbons (Fsp3) is 0.250. The van der Waals surface area contributed by atoms with Crippen LogP contribution in [0.4, 0.5) is 4.39 Å². The second-order valence-corrected chi connectivity index (χ2v) is 4.63. The average Bonchev–Trinajstić information content (AvgIpc) is 2.34. The van der Waals surface area contributed by atoms with E-state index in [0.717, 1.165) is 17.7 Å². The van der Waals surface area contributed by atoms with Gasteiger partial charge >= 0.3 is 0 Å². The van der Waals surface area contributed by atoms with Gasteiger partial charge in [0.25, 0.3) is 0 Å². The molecule has 0 amide bonds. The minimum Gasteiger partial charge on any atom is -0.316 e. The normalized spacial score (nSPS) is 10.1. The summed E-state index contributed by atoms with van der Waals surface area (Å²) in [6.07, 6.45) is 0. The molecule has 0 bridgehead atoms. The van der Waals surface area contributed by atoms with Crippen molar-refractivity contribution in [1.29, 1.82) is 0 Å². The van der Waals surface area contributed by atoms with Crippen molar-refractivity contribution >= 4 is 12.4 Å². The first kappa shape index (κ1) is 15.7. The van der Waals surface area contributed by atoms with Crippen LogP contribution >= 0.6 is 12.4 Å². The Balaban J connectivity index is 0.00000180. The summed E-state index contributed by atoms with van der Waals surface area (Å²) in [5.74, 6) is -0.195. The van der Waals surface area contributed by atoms with E-state index < -0.39 is 0 Å². The maximum absolute atomic E-state index is 12.9. The summed E-state index contributed by atoms with van der Waals surface area (Å²) in [6, 6.07) is 11.0. The van der Waals surface area contributed by atoms with Crippen LogP contribution in [0.3, 0.4) is 0 Å². The van der Waals surface area contributed by atoms with E-state index in [0.29, 0.717) is 0 Å². The highest BCUT2D eigenvalue weighted by atomic mass is 35.5. The third-order valence-corrected chi connectivity index (χ3v) is 3.23. The van der Waals surface area contributed by atoms with Gasteiger partial charge in [0, 0.05) is 6.54 Å². The molecule has 0 aliphatic rings. The van der Waals surface area contributed by atoms with E-state index in [9.17, 15) is 4.39 Å². The molecule has 0 unspecified atom stereocenters. The summed E-state index contributed by atoms with van der Waals surface area (Å²) in [6.45, 7) is 5.11. The first-order valence-electron chi connectivity index (χ1n) is 6.12. The average molecular weight is 280 g/mol. The smallest absolute Gasteiger partial charge is 0.123 e. The van der Waals surface area contributed by atoms with E-state index in [4.69, 9.17) is 0 Å². The minimum absolute atomic E-state index is 0. The lowest BCUT2D eigenvalue weighted by Crippen LogP contribution is -2.08. The zero-order valence-electron chi connectivity index (χ0n) is 11.5. The van der Waals surface area contributed by atoms with Crippen LogP contribution in [0.15, 0.2) is 36.4 Å². The van der Waals surface area contributed by atoms with Crippen molar-refractivity contribution in [2.24, 2.45) is 0 Å². The van der Waals surface area contributed by atoms with E-state index in [2.05, 4.69) is 31.3 Å². The molecule has 0 spiro atoms. The van der Waals surface area contributed by atoms with Gasteiger partial charge in [0.15, 0.2) is 0 Å². The molecule has 0 aliphatic heterocycles. The van der Waals surface area contributed by atoms with Crippen LogP contribution < -0.4 is 5.32 Å². The molecule has 2 rings (SSSR count). The van der Waals surface area contributed by atoms with Gasteiger partial charge in [0.2, 0.25) is 0 Å².